The van der Waals surface area contributed by atoms with Crippen LogP contribution in [0.25, 0.3) is 0 Å². The largest absolute Gasteiger partial charge is 0.339 e. The zero-order valence-electron chi connectivity index (χ0n) is 17.3. The van der Waals surface area contributed by atoms with Gasteiger partial charge in [0.2, 0.25) is 5.95 Å². The van der Waals surface area contributed by atoms with E-state index in [4.69, 9.17) is 4.98 Å². The van der Waals surface area contributed by atoms with Crippen molar-refractivity contribution >= 4 is 28.9 Å². The van der Waals surface area contributed by atoms with Crippen molar-refractivity contribution in [1.29, 1.82) is 0 Å². The SMILES string of the molecule is Cc1ccc(Nc2nc3c(c(Nc4ccc(C)cc4)n2)C(=O)CC(C)(C)C3)cc1. The van der Waals surface area contributed by atoms with E-state index in [1.54, 1.807) is 0 Å². The van der Waals surface area contributed by atoms with Crippen LogP contribution in [0.15, 0.2) is 48.5 Å². The van der Waals surface area contributed by atoms with E-state index in [-0.39, 0.29) is 11.2 Å². The molecule has 29 heavy (non-hydrogen) atoms. The second-order valence-corrected chi connectivity index (χ2v) is 8.64. The zero-order chi connectivity index (χ0) is 20.6. The maximum absolute atomic E-state index is 12.9. The van der Waals surface area contributed by atoms with Crippen LogP contribution in [0.3, 0.4) is 0 Å². The maximum Gasteiger partial charge on any atom is 0.229 e. The molecule has 1 aliphatic rings. The molecule has 0 unspecified atom stereocenters. The molecule has 5 heteroatoms. The molecule has 0 amide bonds. The molecule has 0 aliphatic heterocycles. The minimum atomic E-state index is -0.110. The van der Waals surface area contributed by atoms with Crippen LogP contribution in [0.4, 0.5) is 23.1 Å². The van der Waals surface area contributed by atoms with Gasteiger partial charge >= 0.3 is 0 Å². The molecule has 0 fully saturated rings. The molecule has 0 atom stereocenters. The number of aromatic nitrogens is 2. The number of aryl methyl sites for hydroxylation is 2. The molecule has 0 saturated carbocycles. The Kier molecular flexibility index (Phi) is 4.82. The average molecular weight is 386 g/mol. The Labute approximate surface area is 171 Å². The second kappa shape index (κ2) is 7.32. The third kappa shape index (κ3) is 4.29. The van der Waals surface area contributed by atoms with Crippen molar-refractivity contribution < 1.29 is 4.79 Å². The third-order valence-corrected chi connectivity index (χ3v) is 5.17. The summed E-state index contributed by atoms with van der Waals surface area (Å²) >= 11 is 0. The van der Waals surface area contributed by atoms with Crippen LogP contribution in [-0.4, -0.2) is 15.8 Å². The van der Waals surface area contributed by atoms with Gasteiger partial charge in [-0.15, -0.1) is 0 Å². The summed E-state index contributed by atoms with van der Waals surface area (Å²) in [5.41, 5.74) is 5.48. The number of anilines is 4. The van der Waals surface area contributed by atoms with Gasteiger partial charge in [0.15, 0.2) is 5.78 Å². The average Bonchev–Trinajstić information content (AvgIpc) is 2.64. The predicted octanol–water partition coefficient (Wildman–Crippen LogP) is 5.74. The Morgan fingerprint density at radius 1 is 0.793 bits per heavy atom. The summed E-state index contributed by atoms with van der Waals surface area (Å²) in [6.45, 7) is 8.31. The summed E-state index contributed by atoms with van der Waals surface area (Å²) in [4.78, 5) is 22.3. The number of benzene rings is 2. The van der Waals surface area contributed by atoms with E-state index in [0.29, 0.717) is 23.8 Å². The van der Waals surface area contributed by atoms with E-state index in [9.17, 15) is 4.79 Å². The molecular weight excluding hydrogens is 360 g/mol. The van der Waals surface area contributed by atoms with Crippen LogP contribution >= 0.6 is 0 Å². The number of ketones is 1. The van der Waals surface area contributed by atoms with Crippen molar-refractivity contribution in [3.05, 3.63) is 70.9 Å². The summed E-state index contributed by atoms with van der Waals surface area (Å²) in [6, 6.07) is 16.1. The molecule has 2 N–H and O–H groups in total. The summed E-state index contributed by atoms with van der Waals surface area (Å²) in [5, 5.41) is 6.63. The Bertz CT molecular complexity index is 1050. The molecule has 0 saturated heterocycles. The van der Waals surface area contributed by atoms with Gasteiger partial charge in [-0.05, 0) is 49.9 Å². The van der Waals surface area contributed by atoms with Crippen LogP contribution < -0.4 is 10.6 Å². The fourth-order valence-corrected chi connectivity index (χ4v) is 3.65. The van der Waals surface area contributed by atoms with Gasteiger partial charge in [0, 0.05) is 17.8 Å². The molecule has 1 heterocycles. The highest BCUT2D eigenvalue weighted by Gasteiger charge is 2.35. The number of hydrogen-bond donors (Lipinski definition) is 2. The lowest BCUT2D eigenvalue weighted by molar-refractivity contribution is 0.0911. The molecule has 0 spiro atoms. The van der Waals surface area contributed by atoms with Crippen LogP contribution in [0.5, 0.6) is 0 Å². The zero-order valence-corrected chi connectivity index (χ0v) is 17.3. The van der Waals surface area contributed by atoms with Crippen molar-refractivity contribution in [2.75, 3.05) is 10.6 Å². The maximum atomic E-state index is 12.9. The number of nitrogens with one attached hydrogen (secondary N) is 2. The number of carbonyl (C=O) groups is 1. The van der Waals surface area contributed by atoms with Gasteiger partial charge in [-0.1, -0.05) is 49.2 Å². The Balaban J connectivity index is 1.75. The first kappa shape index (κ1) is 19.1. The van der Waals surface area contributed by atoms with Gasteiger partial charge in [0.1, 0.15) is 5.82 Å². The lowest BCUT2D eigenvalue weighted by atomic mass is 9.75. The Hall–Kier alpha value is -3.21. The van der Waals surface area contributed by atoms with Gasteiger partial charge in [-0.2, -0.15) is 4.98 Å². The molecule has 1 aromatic heterocycles. The van der Waals surface area contributed by atoms with Crippen molar-refractivity contribution in [2.24, 2.45) is 5.41 Å². The van der Waals surface area contributed by atoms with E-state index in [1.165, 1.54) is 11.1 Å². The van der Waals surface area contributed by atoms with Crippen LogP contribution in [0.2, 0.25) is 0 Å². The number of Topliss-reactive ketones (excluding diaryl/α,β-unsaturated/α-hetero) is 1. The summed E-state index contributed by atoms with van der Waals surface area (Å²) < 4.78 is 0. The highest BCUT2D eigenvalue weighted by atomic mass is 16.1. The lowest BCUT2D eigenvalue weighted by Gasteiger charge is -2.30. The van der Waals surface area contributed by atoms with Crippen molar-refractivity contribution in [2.45, 2.75) is 40.5 Å². The quantitative estimate of drug-likeness (QED) is 0.599. The first-order chi connectivity index (χ1) is 13.8. The van der Waals surface area contributed by atoms with Crippen molar-refractivity contribution in [3.63, 3.8) is 0 Å². The van der Waals surface area contributed by atoms with E-state index in [0.717, 1.165) is 23.5 Å². The summed E-state index contributed by atoms with van der Waals surface area (Å²) in [5.74, 6) is 1.15. The first-order valence-electron chi connectivity index (χ1n) is 9.91. The number of hydrogen-bond acceptors (Lipinski definition) is 5. The molecule has 1 aliphatic carbocycles. The van der Waals surface area contributed by atoms with Crippen molar-refractivity contribution in [1.82, 2.24) is 9.97 Å². The van der Waals surface area contributed by atoms with E-state index >= 15 is 0 Å². The summed E-state index contributed by atoms with van der Waals surface area (Å²) in [7, 11) is 0. The third-order valence-electron chi connectivity index (χ3n) is 5.17. The van der Waals surface area contributed by atoms with Crippen molar-refractivity contribution in [3.8, 4) is 0 Å². The molecule has 3 aromatic rings. The molecule has 4 rings (SSSR count). The minimum Gasteiger partial charge on any atom is -0.339 e. The highest BCUT2D eigenvalue weighted by molar-refractivity contribution is 6.03. The highest BCUT2D eigenvalue weighted by Crippen LogP contribution is 2.37. The van der Waals surface area contributed by atoms with E-state index in [1.807, 2.05) is 55.5 Å². The number of carbonyl (C=O) groups excluding carboxylic acids is 1. The number of rotatable bonds is 4. The number of fused-ring (bicyclic) bond motifs is 1. The smallest absolute Gasteiger partial charge is 0.229 e. The molecule has 0 radical (unpaired) electrons. The van der Waals surface area contributed by atoms with Crippen LogP contribution in [-0.2, 0) is 6.42 Å². The molecule has 0 bridgehead atoms. The topological polar surface area (TPSA) is 66.9 Å². The number of nitrogens with zero attached hydrogens (tertiary/aromatic N) is 2. The fraction of sp³-hybridized carbons (Fsp3) is 0.292. The van der Waals surface area contributed by atoms with E-state index < -0.39 is 0 Å². The lowest BCUT2D eigenvalue weighted by Crippen LogP contribution is -2.29. The Morgan fingerprint density at radius 2 is 1.34 bits per heavy atom. The monoisotopic (exact) mass is 386 g/mol. The fourth-order valence-electron chi connectivity index (χ4n) is 3.65. The second-order valence-electron chi connectivity index (χ2n) is 8.64. The first-order valence-corrected chi connectivity index (χ1v) is 9.91. The van der Waals surface area contributed by atoms with Gasteiger partial charge in [0.25, 0.3) is 0 Å². The molecular formula is C24H26N4O. The van der Waals surface area contributed by atoms with Gasteiger partial charge in [0.05, 0.1) is 11.3 Å². The minimum absolute atomic E-state index is 0.0905. The normalized spacial score (nSPS) is 15.0. The standard InChI is InChI=1S/C24H26N4O/c1-15-5-9-17(10-6-15)25-22-21-19(13-24(3,4)14-20(21)29)27-23(28-22)26-18-11-7-16(2)8-12-18/h5-12H,13-14H2,1-4H3,(H2,25,26,27,28). The molecule has 2 aromatic carbocycles. The molecule has 5 nitrogen and oxygen atoms in total. The van der Waals surface area contributed by atoms with Gasteiger partial charge in [-0.3, -0.25) is 4.79 Å². The van der Waals surface area contributed by atoms with Gasteiger partial charge in [-0.25, -0.2) is 4.98 Å². The van der Waals surface area contributed by atoms with Crippen LogP contribution in [0.1, 0.15) is 47.4 Å². The molecule has 148 valence electrons. The van der Waals surface area contributed by atoms with Gasteiger partial charge < -0.3 is 10.6 Å². The van der Waals surface area contributed by atoms with Crippen LogP contribution in [0, 0.1) is 19.3 Å². The Morgan fingerprint density at radius 3 is 1.93 bits per heavy atom. The predicted molar refractivity (Wildman–Crippen MR) is 117 cm³/mol. The summed E-state index contributed by atoms with van der Waals surface area (Å²) in [6.07, 6.45) is 1.23. The van der Waals surface area contributed by atoms with E-state index in [2.05, 4.69) is 36.4 Å².